The van der Waals surface area contributed by atoms with Crippen molar-refractivity contribution in [2.45, 2.75) is 26.3 Å². The quantitative estimate of drug-likeness (QED) is 0.442. The van der Waals surface area contributed by atoms with Gasteiger partial charge in [-0.15, -0.1) is 0 Å². The van der Waals surface area contributed by atoms with E-state index in [0.717, 1.165) is 5.56 Å². The first-order valence-corrected chi connectivity index (χ1v) is 8.62. The Morgan fingerprint density at radius 2 is 2.04 bits per heavy atom. The zero-order valence-corrected chi connectivity index (χ0v) is 15.3. The number of halogens is 1. The minimum Gasteiger partial charge on any atom is -0.494 e. The van der Waals surface area contributed by atoms with Gasteiger partial charge < -0.3 is 14.1 Å². The van der Waals surface area contributed by atoms with Gasteiger partial charge in [0.25, 0.3) is 5.91 Å². The van der Waals surface area contributed by atoms with E-state index in [9.17, 15) is 18.8 Å². The third-order valence-corrected chi connectivity index (χ3v) is 4.61. The van der Waals surface area contributed by atoms with Crippen molar-refractivity contribution in [1.29, 1.82) is 0 Å². The molecule has 2 heterocycles. The van der Waals surface area contributed by atoms with Crippen LogP contribution >= 0.6 is 0 Å². The van der Waals surface area contributed by atoms with Gasteiger partial charge in [0.2, 0.25) is 11.6 Å². The molecule has 1 amide bonds. The van der Waals surface area contributed by atoms with Gasteiger partial charge in [0.15, 0.2) is 17.3 Å². The Morgan fingerprint density at radius 1 is 1.30 bits per heavy atom. The van der Waals surface area contributed by atoms with E-state index in [1.165, 1.54) is 24.1 Å². The second-order valence-corrected chi connectivity index (χ2v) is 6.74. The Labute approximate surface area is 155 Å². The molecule has 3 rings (SSSR count). The Kier molecular flexibility index (Phi) is 5.12. The van der Waals surface area contributed by atoms with E-state index in [4.69, 9.17) is 9.15 Å². The molecular weight excluding hydrogens is 353 g/mol. The molecule has 1 aliphatic rings. The number of hydrogen-bond donors (Lipinski definition) is 0. The molecule has 0 radical (unpaired) electrons. The molecule has 0 saturated carbocycles. The Bertz CT molecular complexity index is 902. The number of carbonyl (C=O) groups excluding carboxylic acids is 3. The lowest BCUT2D eigenvalue weighted by atomic mass is 10.0. The summed E-state index contributed by atoms with van der Waals surface area (Å²) in [6.45, 7) is 3.65. The lowest BCUT2D eigenvalue weighted by Crippen LogP contribution is -2.33. The number of ether oxygens (including phenoxy) is 1. The number of nitrogens with zero attached hydrogens (tertiary/aromatic N) is 1. The Hall–Kier alpha value is -2.96. The van der Waals surface area contributed by atoms with Crippen LogP contribution in [0.2, 0.25) is 0 Å². The fraction of sp³-hybridized carbons (Fsp3) is 0.350. The SMILES string of the molecule is COc1cc(Cc2ccc(C(=O)C3CN(C(C)C)C(=O)C3=O)o2)ccc1F. The molecule has 0 N–H and O–H groups in total. The number of benzene rings is 1. The molecule has 1 fully saturated rings. The fourth-order valence-corrected chi connectivity index (χ4v) is 3.09. The Morgan fingerprint density at radius 3 is 2.67 bits per heavy atom. The predicted octanol–water partition coefficient (Wildman–Crippen LogP) is 2.64. The highest BCUT2D eigenvalue weighted by molar-refractivity contribution is 6.43. The van der Waals surface area contributed by atoms with Gasteiger partial charge in [-0.1, -0.05) is 6.07 Å². The summed E-state index contributed by atoms with van der Waals surface area (Å²) in [5.41, 5.74) is 0.750. The normalized spacial score (nSPS) is 17.1. The van der Waals surface area contributed by atoms with Crippen molar-refractivity contribution >= 4 is 17.5 Å². The molecule has 6 nitrogen and oxygen atoms in total. The lowest BCUT2D eigenvalue weighted by molar-refractivity contribution is -0.141. The van der Waals surface area contributed by atoms with Crippen molar-refractivity contribution < 1.29 is 27.9 Å². The number of ketones is 2. The number of hydrogen-bond acceptors (Lipinski definition) is 5. The summed E-state index contributed by atoms with van der Waals surface area (Å²) in [5.74, 6) is -2.68. The molecule has 1 aromatic carbocycles. The monoisotopic (exact) mass is 373 g/mol. The van der Waals surface area contributed by atoms with Crippen molar-refractivity contribution in [1.82, 2.24) is 4.90 Å². The van der Waals surface area contributed by atoms with Crippen LogP contribution in [0.25, 0.3) is 0 Å². The molecule has 1 unspecified atom stereocenters. The number of methoxy groups -OCH3 is 1. The van der Waals surface area contributed by atoms with E-state index in [1.54, 1.807) is 32.0 Å². The molecular formula is C20H20FNO5. The highest BCUT2D eigenvalue weighted by Crippen LogP contribution is 2.24. The first-order valence-electron chi connectivity index (χ1n) is 8.62. The van der Waals surface area contributed by atoms with E-state index in [1.807, 2.05) is 0 Å². The number of rotatable bonds is 6. The van der Waals surface area contributed by atoms with Gasteiger partial charge >= 0.3 is 0 Å². The van der Waals surface area contributed by atoms with Gasteiger partial charge in [0, 0.05) is 19.0 Å². The van der Waals surface area contributed by atoms with Gasteiger partial charge in [-0.2, -0.15) is 0 Å². The smallest absolute Gasteiger partial charge is 0.291 e. The number of likely N-dealkylation sites (tertiary alicyclic amines) is 1. The van der Waals surface area contributed by atoms with Crippen LogP contribution in [0.1, 0.15) is 35.7 Å². The minimum atomic E-state index is -1.04. The topological polar surface area (TPSA) is 76.8 Å². The van der Waals surface area contributed by atoms with Crippen LogP contribution in [0.4, 0.5) is 4.39 Å². The summed E-state index contributed by atoms with van der Waals surface area (Å²) in [6, 6.07) is 7.42. The molecule has 7 heteroatoms. The van der Waals surface area contributed by atoms with E-state index in [-0.39, 0.29) is 24.1 Å². The van der Waals surface area contributed by atoms with Crippen LogP contribution in [-0.4, -0.2) is 42.1 Å². The number of Topliss-reactive ketones (excluding diaryl/α,β-unsaturated/α-hetero) is 2. The van der Waals surface area contributed by atoms with Crippen LogP contribution in [0.3, 0.4) is 0 Å². The van der Waals surface area contributed by atoms with Crippen molar-refractivity contribution in [3.05, 3.63) is 53.2 Å². The molecule has 2 aromatic rings. The molecule has 0 aliphatic carbocycles. The van der Waals surface area contributed by atoms with Gasteiger partial charge in [-0.05, 0) is 43.7 Å². The largest absolute Gasteiger partial charge is 0.494 e. The maximum absolute atomic E-state index is 13.5. The van der Waals surface area contributed by atoms with Crippen LogP contribution in [0, 0.1) is 11.7 Å². The molecule has 1 aliphatic heterocycles. The van der Waals surface area contributed by atoms with Crippen molar-refractivity contribution in [3.8, 4) is 5.75 Å². The predicted molar refractivity (Wildman–Crippen MR) is 94.1 cm³/mol. The first kappa shape index (κ1) is 18.8. The van der Waals surface area contributed by atoms with Crippen LogP contribution < -0.4 is 4.74 Å². The maximum Gasteiger partial charge on any atom is 0.291 e. The van der Waals surface area contributed by atoms with Gasteiger partial charge in [0.05, 0.1) is 7.11 Å². The van der Waals surface area contributed by atoms with Crippen molar-refractivity contribution in [3.63, 3.8) is 0 Å². The standard InChI is InChI=1S/C20H20FNO5/c1-11(2)22-10-14(19(24)20(22)25)18(23)16-7-5-13(27-16)8-12-4-6-15(21)17(9-12)26-3/h4-7,9,11,14H,8,10H2,1-3H3. The molecule has 1 saturated heterocycles. The third-order valence-electron chi connectivity index (χ3n) is 4.61. The van der Waals surface area contributed by atoms with E-state index in [0.29, 0.717) is 12.2 Å². The second-order valence-electron chi connectivity index (χ2n) is 6.74. The molecule has 1 atom stereocenters. The molecule has 142 valence electrons. The average Bonchev–Trinajstić information content (AvgIpc) is 3.22. The molecule has 0 bridgehead atoms. The summed E-state index contributed by atoms with van der Waals surface area (Å²) >= 11 is 0. The zero-order chi connectivity index (χ0) is 19.7. The maximum atomic E-state index is 13.5. The zero-order valence-electron chi connectivity index (χ0n) is 15.3. The van der Waals surface area contributed by atoms with Crippen molar-refractivity contribution in [2.24, 2.45) is 5.92 Å². The molecule has 27 heavy (non-hydrogen) atoms. The van der Waals surface area contributed by atoms with Crippen LogP contribution in [0.5, 0.6) is 5.75 Å². The van der Waals surface area contributed by atoms with Gasteiger partial charge in [-0.3, -0.25) is 14.4 Å². The Balaban J connectivity index is 1.75. The number of amides is 1. The molecule has 1 aromatic heterocycles. The van der Waals surface area contributed by atoms with Crippen LogP contribution in [-0.2, 0) is 16.0 Å². The second kappa shape index (κ2) is 7.34. The van der Waals surface area contributed by atoms with Gasteiger partial charge in [-0.25, -0.2) is 4.39 Å². The summed E-state index contributed by atoms with van der Waals surface area (Å²) in [5, 5.41) is 0. The summed E-state index contributed by atoms with van der Waals surface area (Å²) in [6.07, 6.45) is 0.333. The van der Waals surface area contributed by atoms with Crippen molar-refractivity contribution in [2.75, 3.05) is 13.7 Å². The lowest BCUT2D eigenvalue weighted by Gasteiger charge is -2.19. The molecule has 0 spiro atoms. The highest BCUT2D eigenvalue weighted by Gasteiger charge is 2.44. The number of furan rings is 1. The summed E-state index contributed by atoms with van der Waals surface area (Å²) in [4.78, 5) is 38.1. The first-order chi connectivity index (χ1) is 12.8. The van der Waals surface area contributed by atoms with E-state index < -0.39 is 29.2 Å². The third kappa shape index (κ3) is 3.63. The van der Waals surface area contributed by atoms with Crippen LogP contribution in [0.15, 0.2) is 34.7 Å². The van der Waals surface area contributed by atoms with E-state index >= 15 is 0 Å². The minimum absolute atomic E-state index is 0.0378. The highest BCUT2D eigenvalue weighted by atomic mass is 19.1. The summed E-state index contributed by atoms with van der Waals surface area (Å²) in [7, 11) is 1.38. The van der Waals surface area contributed by atoms with E-state index in [2.05, 4.69) is 0 Å². The summed E-state index contributed by atoms with van der Waals surface area (Å²) < 4.78 is 24.0. The van der Waals surface area contributed by atoms with Gasteiger partial charge in [0.1, 0.15) is 11.7 Å². The number of carbonyl (C=O) groups is 3. The average molecular weight is 373 g/mol. The fourth-order valence-electron chi connectivity index (χ4n) is 3.09.